The van der Waals surface area contributed by atoms with E-state index in [0.29, 0.717) is 44.9 Å². The molecule has 5 aromatic rings. The molecular weight excluding hydrogens is 498 g/mol. The smallest absolute Gasteiger partial charge is 0.344 e. The van der Waals surface area contributed by atoms with Crippen molar-refractivity contribution in [2.45, 2.75) is 5.92 Å². The van der Waals surface area contributed by atoms with Crippen molar-refractivity contribution in [2.75, 3.05) is 0 Å². The Hall–Kier alpha value is -4.17. The number of para-hydroxylation sites is 2. The minimum atomic E-state index is -0.552. The molecule has 0 saturated carbocycles. The lowest BCUT2D eigenvalue weighted by molar-refractivity contribution is -0.131. The van der Waals surface area contributed by atoms with Crippen LogP contribution in [0, 0.1) is 0 Å². The number of aromatic nitrogens is 3. The molecular formula is C26H14BrN3O4. The van der Waals surface area contributed by atoms with Crippen LogP contribution in [0.1, 0.15) is 22.6 Å². The van der Waals surface area contributed by atoms with Crippen molar-refractivity contribution in [3.05, 3.63) is 110 Å². The molecule has 0 aliphatic carbocycles. The largest absolute Gasteiger partial charge is 0.439 e. The van der Waals surface area contributed by atoms with Crippen molar-refractivity contribution in [1.29, 1.82) is 0 Å². The van der Waals surface area contributed by atoms with Crippen LogP contribution in [0.4, 0.5) is 0 Å². The van der Waals surface area contributed by atoms with Crippen molar-refractivity contribution < 1.29 is 14.3 Å². The van der Waals surface area contributed by atoms with E-state index in [4.69, 9.17) is 14.5 Å². The number of benzene rings is 3. The normalized spacial score (nSPS) is 16.6. The Kier molecular flexibility index (Phi) is 3.93. The number of carbonyl (C=O) groups is 1. The highest BCUT2D eigenvalue weighted by Crippen LogP contribution is 2.51. The van der Waals surface area contributed by atoms with E-state index in [2.05, 4.69) is 20.9 Å². The van der Waals surface area contributed by atoms with Gasteiger partial charge in [-0.2, -0.15) is 0 Å². The molecule has 0 fully saturated rings. The highest BCUT2D eigenvalue weighted by molar-refractivity contribution is 9.10. The molecule has 2 aliphatic rings. The number of rotatable bonds is 1. The second-order valence-electron chi connectivity index (χ2n) is 8.15. The number of hydrogen-bond donors (Lipinski definition) is 1. The van der Waals surface area contributed by atoms with Gasteiger partial charge in [-0.1, -0.05) is 58.4 Å². The predicted molar refractivity (Wildman–Crippen MR) is 129 cm³/mol. The number of fused-ring (bicyclic) bond motifs is 9. The number of ether oxygens (including phenoxy) is 2. The van der Waals surface area contributed by atoms with Crippen LogP contribution >= 0.6 is 15.9 Å². The van der Waals surface area contributed by atoms with Crippen LogP contribution < -0.4 is 15.2 Å². The number of nitrogens with one attached hydrogen (secondary N) is 1. The summed E-state index contributed by atoms with van der Waals surface area (Å²) in [6.45, 7) is 0. The van der Waals surface area contributed by atoms with Gasteiger partial charge in [0.25, 0.3) is 0 Å². The number of hydrogen-bond acceptors (Lipinski definition) is 5. The van der Waals surface area contributed by atoms with Gasteiger partial charge in [0.05, 0.1) is 28.1 Å². The maximum Gasteiger partial charge on any atom is 0.344 e. The van der Waals surface area contributed by atoms with Crippen LogP contribution in [-0.2, 0) is 4.79 Å². The van der Waals surface area contributed by atoms with E-state index < -0.39 is 11.9 Å². The van der Waals surface area contributed by atoms with Gasteiger partial charge in [0.1, 0.15) is 11.5 Å². The number of imidazole rings is 1. The minimum absolute atomic E-state index is 0.265. The first kappa shape index (κ1) is 19.3. The van der Waals surface area contributed by atoms with Gasteiger partial charge in [-0.25, -0.2) is 19.0 Å². The second kappa shape index (κ2) is 6.91. The average molecular weight is 512 g/mol. The van der Waals surface area contributed by atoms with E-state index in [9.17, 15) is 9.59 Å². The summed E-state index contributed by atoms with van der Waals surface area (Å²) in [6, 6.07) is 22.3. The zero-order chi connectivity index (χ0) is 23.0. The summed E-state index contributed by atoms with van der Waals surface area (Å²) >= 11 is 3.55. The summed E-state index contributed by atoms with van der Waals surface area (Å²) in [4.78, 5) is 34.2. The molecule has 2 aromatic heterocycles. The topological polar surface area (TPSA) is 85.7 Å². The fraction of sp³-hybridized carbons (Fsp3) is 0.0385. The maximum absolute atomic E-state index is 13.4. The Morgan fingerprint density at radius 2 is 1.74 bits per heavy atom. The standard InChI is InChI=1S/C26H14BrN3O4/c27-14-10-11-18-15(12-14)19-20(25(31)33-18)22(13-6-2-1-3-7-13)34-24-21(19)23-28-16-8-4-5-9-17(16)30(23)26(32)29-24/h1-12,19H,(H,29,32). The molecule has 1 atom stereocenters. The summed E-state index contributed by atoms with van der Waals surface area (Å²) < 4.78 is 14.3. The van der Waals surface area contributed by atoms with E-state index in [0.717, 1.165) is 10.0 Å². The van der Waals surface area contributed by atoms with Crippen LogP contribution in [0.25, 0.3) is 22.4 Å². The van der Waals surface area contributed by atoms with Gasteiger partial charge in [0.15, 0.2) is 5.65 Å². The molecule has 0 radical (unpaired) electrons. The third-order valence-electron chi connectivity index (χ3n) is 6.24. The molecule has 7 nitrogen and oxygen atoms in total. The number of carbonyl (C=O) groups excluding carboxylic acids is 1. The van der Waals surface area contributed by atoms with Crippen LogP contribution in [0.5, 0.6) is 11.6 Å². The number of aromatic amines is 1. The van der Waals surface area contributed by atoms with Crippen molar-refractivity contribution >= 4 is 44.3 Å². The average Bonchev–Trinajstić information content (AvgIpc) is 3.24. The van der Waals surface area contributed by atoms with E-state index >= 15 is 0 Å². The van der Waals surface area contributed by atoms with Gasteiger partial charge in [-0.05, 0) is 30.3 Å². The first-order chi connectivity index (χ1) is 16.6. The number of nitrogens with zero attached hydrogens (tertiary/aromatic N) is 2. The summed E-state index contributed by atoms with van der Waals surface area (Å²) in [5.74, 6) is 0.0298. The molecule has 164 valence electrons. The molecule has 7 rings (SSSR count). The van der Waals surface area contributed by atoms with Crippen LogP contribution in [-0.4, -0.2) is 20.3 Å². The summed E-state index contributed by atoms with van der Waals surface area (Å²) in [5, 5.41) is 0. The molecule has 3 aromatic carbocycles. The third-order valence-corrected chi connectivity index (χ3v) is 6.73. The van der Waals surface area contributed by atoms with E-state index in [1.165, 1.54) is 4.40 Å². The quantitative estimate of drug-likeness (QED) is 0.258. The van der Waals surface area contributed by atoms with E-state index in [1.807, 2.05) is 66.7 Å². The molecule has 0 spiro atoms. The fourth-order valence-corrected chi connectivity index (χ4v) is 5.20. The van der Waals surface area contributed by atoms with Crippen molar-refractivity contribution in [1.82, 2.24) is 14.4 Å². The highest BCUT2D eigenvalue weighted by Gasteiger charge is 2.44. The maximum atomic E-state index is 13.4. The first-order valence-corrected chi connectivity index (χ1v) is 11.4. The molecule has 34 heavy (non-hydrogen) atoms. The number of halogens is 1. The van der Waals surface area contributed by atoms with Crippen molar-refractivity contribution in [2.24, 2.45) is 0 Å². The van der Waals surface area contributed by atoms with E-state index in [1.54, 1.807) is 6.07 Å². The van der Waals surface area contributed by atoms with Crippen molar-refractivity contribution in [3.8, 4) is 11.6 Å². The summed E-state index contributed by atoms with van der Waals surface area (Å²) in [5.41, 5.74) is 3.89. The monoisotopic (exact) mass is 511 g/mol. The Bertz CT molecular complexity index is 1770. The van der Waals surface area contributed by atoms with Crippen LogP contribution in [0.2, 0.25) is 0 Å². The Balaban J connectivity index is 1.64. The number of esters is 1. The molecule has 8 heteroatoms. The number of H-pyrrole nitrogens is 1. The van der Waals surface area contributed by atoms with Gasteiger partial charge < -0.3 is 9.47 Å². The molecule has 1 N–H and O–H groups in total. The van der Waals surface area contributed by atoms with Crippen LogP contribution in [0.3, 0.4) is 0 Å². The highest BCUT2D eigenvalue weighted by atomic mass is 79.9. The minimum Gasteiger partial charge on any atom is -0.439 e. The van der Waals surface area contributed by atoms with Crippen molar-refractivity contribution in [3.63, 3.8) is 0 Å². The van der Waals surface area contributed by atoms with Gasteiger partial charge in [0.2, 0.25) is 5.88 Å². The Morgan fingerprint density at radius 3 is 2.59 bits per heavy atom. The summed E-state index contributed by atoms with van der Waals surface area (Å²) in [6.07, 6.45) is 0. The third kappa shape index (κ3) is 2.60. The predicted octanol–water partition coefficient (Wildman–Crippen LogP) is 4.79. The molecule has 0 amide bonds. The van der Waals surface area contributed by atoms with Gasteiger partial charge >= 0.3 is 11.7 Å². The lowest BCUT2D eigenvalue weighted by atomic mass is 9.80. The fourth-order valence-electron chi connectivity index (χ4n) is 4.83. The first-order valence-electron chi connectivity index (χ1n) is 10.6. The van der Waals surface area contributed by atoms with Gasteiger partial charge in [0, 0.05) is 15.6 Å². The van der Waals surface area contributed by atoms with Gasteiger partial charge in [-0.3, -0.25) is 4.98 Å². The molecule has 0 saturated heterocycles. The van der Waals surface area contributed by atoms with Crippen LogP contribution in [0.15, 0.2) is 87.6 Å². The lowest BCUT2D eigenvalue weighted by Gasteiger charge is -2.33. The van der Waals surface area contributed by atoms with E-state index in [-0.39, 0.29) is 11.6 Å². The second-order valence-corrected chi connectivity index (χ2v) is 9.06. The molecule has 1 unspecified atom stereocenters. The molecule has 2 aliphatic heterocycles. The summed E-state index contributed by atoms with van der Waals surface area (Å²) in [7, 11) is 0. The lowest BCUT2D eigenvalue weighted by Crippen LogP contribution is -2.32. The Morgan fingerprint density at radius 1 is 0.941 bits per heavy atom. The zero-order valence-electron chi connectivity index (χ0n) is 17.4. The Labute approximate surface area is 200 Å². The zero-order valence-corrected chi connectivity index (χ0v) is 19.0. The molecule has 0 bridgehead atoms. The van der Waals surface area contributed by atoms with Gasteiger partial charge in [-0.15, -0.1) is 0 Å². The SMILES string of the molecule is O=C1Oc2ccc(Br)cc2C2C1=C(c1ccccc1)Oc1[nH]c(=O)n3c(nc4ccccc43)c12. The molecule has 4 heterocycles.